The zero-order chi connectivity index (χ0) is 17.5. The van der Waals surface area contributed by atoms with E-state index in [9.17, 15) is 0 Å². The van der Waals surface area contributed by atoms with E-state index >= 15 is 0 Å². The summed E-state index contributed by atoms with van der Waals surface area (Å²) in [6, 6.07) is 11.5. The van der Waals surface area contributed by atoms with Crippen LogP contribution >= 0.6 is 46.4 Å². The van der Waals surface area contributed by atoms with Crippen molar-refractivity contribution in [3.05, 3.63) is 67.6 Å². The van der Waals surface area contributed by atoms with Crippen molar-refractivity contribution in [2.45, 2.75) is 19.5 Å². The topological polar surface area (TPSA) is 15.3 Å². The van der Waals surface area contributed by atoms with Crippen LogP contribution in [-0.2, 0) is 13.1 Å². The van der Waals surface area contributed by atoms with Gasteiger partial charge in [-0.15, -0.1) is 0 Å². The highest BCUT2D eigenvalue weighted by atomic mass is 35.5. The van der Waals surface area contributed by atoms with Crippen molar-refractivity contribution in [3.8, 4) is 0 Å². The van der Waals surface area contributed by atoms with Gasteiger partial charge in [0.25, 0.3) is 0 Å². The summed E-state index contributed by atoms with van der Waals surface area (Å²) in [6.45, 7) is 3.57. The average molecular weight is 406 g/mol. The Kier molecular flexibility index (Phi) is 8.15. The standard InChI is InChI=1S/C18H20Cl4N2/c1-24(12-14-4-6-16(20)18(22)10-14)8-2-7-23-11-13-3-5-15(19)17(21)9-13/h3-6,9-10,23H,2,7-8,11-12H2,1H3. The second-order valence-corrected chi connectivity index (χ2v) is 7.39. The maximum atomic E-state index is 6.04. The molecule has 2 aromatic rings. The molecule has 0 aliphatic rings. The van der Waals surface area contributed by atoms with Gasteiger partial charge in [0, 0.05) is 13.1 Å². The van der Waals surface area contributed by atoms with Gasteiger partial charge in [-0.2, -0.15) is 0 Å². The molecule has 0 amide bonds. The summed E-state index contributed by atoms with van der Waals surface area (Å²) in [7, 11) is 2.10. The van der Waals surface area contributed by atoms with Gasteiger partial charge in [-0.1, -0.05) is 58.5 Å². The zero-order valence-electron chi connectivity index (χ0n) is 13.5. The number of nitrogens with one attached hydrogen (secondary N) is 1. The Balaban J connectivity index is 1.66. The Labute approximate surface area is 163 Å². The molecule has 2 rings (SSSR count). The molecule has 1 N–H and O–H groups in total. The van der Waals surface area contributed by atoms with Gasteiger partial charge in [0.15, 0.2) is 0 Å². The van der Waals surface area contributed by atoms with Crippen LogP contribution in [0.15, 0.2) is 36.4 Å². The van der Waals surface area contributed by atoms with E-state index in [-0.39, 0.29) is 0 Å². The first-order valence-electron chi connectivity index (χ1n) is 7.73. The monoisotopic (exact) mass is 404 g/mol. The van der Waals surface area contributed by atoms with E-state index in [1.54, 1.807) is 0 Å². The lowest BCUT2D eigenvalue weighted by Crippen LogP contribution is -2.23. The molecular formula is C18H20Cl4N2. The van der Waals surface area contributed by atoms with Crippen LogP contribution in [0.5, 0.6) is 0 Å². The first-order chi connectivity index (χ1) is 11.5. The highest BCUT2D eigenvalue weighted by molar-refractivity contribution is 6.42. The molecule has 2 nitrogen and oxygen atoms in total. The third-order valence-corrected chi connectivity index (χ3v) is 5.12. The van der Waals surface area contributed by atoms with Gasteiger partial charge in [0.1, 0.15) is 0 Å². The van der Waals surface area contributed by atoms with E-state index < -0.39 is 0 Å². The van der Waals surface area contributed by atoms with Crippen molar-refractivity contribution in [1.82, 2.24) is 10.2 Å². The summed E-state index contributed by atoms with van der Waals surface area (Å²) in [5.74, 6) is 0. The van der Waals surface area contributed by atoms with E-state index in [0.717, 1.165) is 43.7 Å². The molecule has 6 heteroatoms. The van der Waals surface area contributed by atoms with Crippen LogP contribution in [0, 0.1) is 0 Å². The van der Waals surface area contributed by atoms with Crippen LogP contribution in [-0.4, -0.2) is 25.0 Å². The molecule has 0 saturated carbocycles. The van der Waals surface area contributed by atoms with E-state index in [1.165, 1.54) is 0 Å². The van der Waals surface area contributed by atoms with Crippen molar-refractivity contribution in [3.63, 3.8) is 0 Å². The summed E-state index contributed by atoms with van der Waals surface area (Å²) >= 11 is 23.9. The summed E-state index contributed by atoms with van der Waals surface area (Å²) in [5.41, 5.74) is 2.30. The van der Waals surface area contributed by atoms with Gasteiger partial charge in [-0.05, 0) is 62.0 Å². The zero-order valence-corrected chi connectivity index (χ0v) is 16.5. The molecule has 0 heterocycles. The van der Waals surface area contributed by atoms with Crippen LogP contribution in [0.3, 0.4) is 0 Å². The lowest BCUT2D eigenvalue weighted by molar-refractivity contribution is 0.319. The third-order valence-electron chi connectivity index (χ3n) is 3.64. The minimum Gasteiger partial charge on any atom is -0.313 e. The van der Waals surface area contributed by atoms with E-state index in [1.807, 2.05) is 36.4 Å². The molecule has 0 saturated heterocycles. The van der Waals surface area contributed by atoms with Gasteiger partial charge in [0.2, 0.25) is 0 Å². The van der Waals surface area contributed by atoms with Crippen molar-refractivity contribution < 1.29 is 0 Å². The molecule has 0 spiro atoms. The Morgan fingerprint density at radius 3 is 2.04 bits per heavy atom. The second-order valence-electron chi connectivity index (χ2n) is 5.77. The van der Waals surface area contributed by atoms with Gasteiger partial charge in [-0.25, -0.2) is 0 Å². The number of rotatable bonds is 8. The smallest absolute Gasteiger partial charge is 0.0595 e. The molecule has 24 heavy (non-hydrogen) atoms. The minimum absolute atomic E-state index is 0.587. The largest absolute Gasteiger partial charge is 0.313 e. The molecule has 0 aliphatic carbocycles. The summed E-state index contributed by atoms with van der Waals surface area (Å²) in [5, 5.41) is 5.79. The fourth-order valence-corrected chi connectivity index (χ4v) is 3.03. The number of hydrogen-bond acceptors (Lipinski definition) is 2. The molecule has 0 fully saturated rings. The maximum absolute atomic E-state index is 6.04. The molecule has 0 atom stereocenters. The van der Waals surface area contributed by atoms with Gasteiger partial charge < -0.3 is 10.2 Å². The highest BCUT2D eigenvalue weighted by Gasteiger charge is 2.04. The van der Waals surface area contributed by atoms with Gasteiger partial charge in [-0.3, -0.25) is 0 Å². The van der Waals surface area contributed by atoms with Crippen molar-refractivity contribution in [2.75, 3.05) is 20.1 Å². The molecule has 0 aliphatic heterocycles. The Morgan fingerprint density at radius 1 is 0.833 bits per heavy atom. The summed E-state index contributed by atoms with van der Waals surface area (Å²) in [6.07, 6.45) is 1.05. The van der Waals surface area contributed by atoms with E-state index in [0.29, 0.717) is 20.1 Å². The molecule has 0 unspecified atom stereocenters. The average Bonchev–Trinajstić information content (AvgIpc) is 2.54. The van der Waals surface area contributed by atoms with E-state index in [2.05, 4.69) is 17.3 Å². The Morgan fingerprint density at radius 2 is 1.42 bits per heavy atom. The van der Waals surface area contributed by atoms with Crippen LogP contribution < -0.4 is 5.32 Å². The molecule has 130 valence electrons. The van der Waals surface area contributed by atoms with Crippen molar-refractivity contribution in [2.24, 2.45) is 0 Å². The van der Waals surface area contributed by atoms with Gasteiger partial charge in [0.05, 0.1) is 20.1 Å². The molecular weight excluding hydrogens is 386 g/mol. The van der Waals surface area contributed by atoms with Crippen LogP contribution in [0.1, 0.15) is 17.5 Å². The van der Waals surface area contributed by atoms with Crippen LogP contribution in [0.2, 0.25) is 20.1 Å². The molecule has 2 aromatic carbocycles. The Hall–Kier alpha value is -0.480. The predicted molar refractivity (Wildman–Crippen MR) is 106 cm³/mol. The molecule has 0 radical (unpaired) electrons. The fraction of sp³-hybridized carbons (Fsp3) is 0.333. The lowest BCUT2D eigenvalue weighted by Gasteiger charge is -2.17. The quantitative estimate of drug-likeness (QED) is 0.549. The normalized spacial score (nSPS) is 11.2. The summed E-state index contributed by atoms with van der Waals surface area (Å²) in [4.78, 5) is 2.26. The van der Waals surface area contributed by atoms with Crippen LogP contribution in [0.25, 0.3) is 0 Å². The fourth-order valence-electron chi connectivity index (χ4n) is 2.39. The second kappa shape index (κ2) is 9.86. The number of benzene rings is 2. The maximum Gasteiger partial charge on any atom is 0.0595 e. The third kappa shape index (κ3) is 6.44. The van der Waals surface area contributed by atoms with E-state index in [4.69, 9.17) is 46.4 Å². The number of nitrogens with zero attached hydrogens (tertiary/aromatic N) is 1. The highest BCUT2D eigenvalue weighted by Crippen LogP contribution is 2.23. The van der Waals surface area contributed by atoms with Crippen molar-refractivity contribution >= 4 is 46.4 Å². The SMILES string of the molecule is CN(CCCNCc1ccc(Cl)c(Cl)c1)Cc1ccc(Cl)c(Cl)c1. The number of halogens is 4. The molecule has 0 bridgehead atoms. The minimum atomic E-state index is 0.587. The predicted octanol–water partition coefficient (Wildman–Crippen LogP) is 5.91. The van der Waals surface area contributed by atoms with Gasteiger partial charge >= 0.3 is 0 Å². The first-order valence-corrected chi connectivity index (χ1v) is 9.24. The summed E-state index contributed by atoms with van der Waals surface area (Å²) < 4.78 is 0. The molecule has 0 aromatic heterocycles. The van der Waals surface area contributed by atoms with Crippen LogP contribution in [0.4, 0.5) is 0 Å². The lowest BCUT2D eigenvalue weighted by atomic mass is 10.2. The van der Waals surface area contributed by atoms with Crippen molar-refractivity contribution in [1.29, 1.82) is 0 Å². The number of hydrogen-bond donors (Lipinski definition) is 1. The first kappa shape index (κ1) is 19.8. The Bertz CT molecular complexity index is 676.